The Balaban J connectivity index is 1.63. The molecule has 2 aromatic rings. The molecule has 2 aromatic carbocycles. The molecule has 0 radical (unpaired) electrons. The number of ether oxygens (including phenoxy) is 1. The van der Waals surface area contributed by atoms with Crippen molar-refractivity contribution in [2.75, 3.05) is 36.8 Å². The van der Waals surface area contributed by atoms with Crippen molar-refractivity contribution in [3.05, 3.63) is 59.7 Å². The van der Waals surface area contributed by atoms with Crippen LogP contribution in [0.25, 0.3) is 0 Å². The molecule has 32 heavy (non-hydrogen) atoms. The second kappa shape index (κ2) is 11.3. The van der Waals surface area contributed by atoms with Gasteiger partial charge < -0.3 is 10.1 Å². The monoisotopic (exact) mass is 459 g/mol. The molecule has 0 spiro atoms. The number of rotatable bonds is 10. The van der Waals surface area contributed by atoms with Crippen LogP contribution in [0.4, 0.5) is 5.69 Å². The van der Waals surface area contributed by atoms with Crippen molar-refractivity contribution in [2.24, 2.45) is 0 Å². The molecule has 0 unspecified atom stereocenters. The average molecular weight is 460 g/mol. The summed E-state index contributed by atoms with van der Waals surface area (Å²) in [5.41, 5.74) is 2.58. The Morgan fingerprint density at radius 3 is 2.50 bits per heavy atom. The van der Waals surface area contributed by atoms with Crippen LogP contribution in [0.15, 0.2) is 48.5 Å². The Morgan fingerprint density at radius 2 is 1.78 bits per heavy atom. The zero-order chi connectivity index (χ0) is 23.0. The Hall–Kier alpha value is -2.58. The quantitative estimate of drug-likeness (QED) is 0.591. The number of nitrogens with zero attached hydrogens (tertiary/aromatic N) is 2. The number of para-hydroxylation sites is 2. The third-order valence-corrected chi connectivity index (χ3v) is 6.58. The van der Waals surface area contributed by atoms with Crippen LogP contribution in [0.1, 0.15) is 37.3 Å². The Bertz CT molecular complexity index is 1000. The molecule has 1 N–H and O–H groups in total. The summed E-state index contributed by atoms with van der Waals surface area (Å²) in [7, 11) is -3.67. The van der Waals surface area contributed by atoms with Crippen LogP contribution in [0.5, 0.6) is 5.75 Å². The summed E-state index contributed by atoms with van der Waals surface area (Å²) in [6, 6.07) is 15.0. The number of hydrogen-bond donors (Lipinski definition) is 1. The molecule has 0 aromatic heterocycles. The fourth-order valence-corrected chi connectivity index (χ4v) is 4.78. The lowest BCUT2D eigenvalue weighted by Gasteiger charge is -2.26. The van der Waals surface area contributed by atoms with E-state index in [0.29, 0.717) is 24.6 Å². The van der Waals surface area contributed by atoms with Crippen LogP contribution in [-0.4, -0.2) is 51.7 Å². The first-order valence-corrected chi connectivity index (χ1v) is 13.0. The highest BCUT2D eigenvalue weighted by Crippen LogP contribution is 2.29. The lowest BCUT2D eigenvalue weighted by molar-refractivity contribution is -0.119. The normalized spacial score (nSPS) is 14.7. The third kappa shape index (κ3) is 6.97. The minimum absolute atomic E-state index is 0.309. The minimum atomic E-state index is -3.67. The first-order valence-electron chi connectivity index (χ1n) is 11.1. The highest BCUT2D eigenvalue weighted by Gasteiger charge is 2.23. The maximum Gasteiger partial charge on any atom is 0.241 e. The number of piperidine rings is 1. The number of hydrogen-bond acceptors (Lipinski definition) is 5. The van der Waals surface area contributed by atoms with Crippen molar-refractivity contribution < 1.29 is 17.9 Å². The molecule has 8 heteroatoms. The number of carbonyl (C=O) groups excluding carboxylic acids is 1. The maximum atomic E-state index is 12.7. The second-order valence-corrected chi connectivity index (χ2v) is 10.0. The van der Waals surface area contributed by atoms with Gasteiger partial charge in [-0.25, -0.2) is 8.42 Å². The first-order chi connectivity index (χ1) is 15.4. The summed E-state index contributed by atoms with van der Waals surface area (Å²) in [6.45, 7) is 5.44. The molecule has 1 fully saturated rings. The van der Waals surface area contributed by atoms with E-state index in [1.807, 2.05) is 19.1 Å². The summed E-state index contributed by atoms with van der Waals surface area (Å²) >= 11 is 0. The molecule has 3 rings (SSSR count). The minimum Gasteiger partial charge on any atom is -0.492 e. The number of amides is 1. The van der Waals surface area contributed by atoms with Crippen LogP contribution in [-0.2, 0) is 27.9 Å². The highest BCUT2D eigenvalue weighted by molar-refractivity contribution is 7.92. The molecule has 1 heterocycles. The average Bonchev–Trinajstić information content (AvgIpc) is 2.77. The van der Waals surface area contributed by atoms with E-state index in [9.17, 15) is 13.2 Å². The van der Waals surface area contributed by atoms with E-state index < -0.39 is 10.0 Å². The van der Waals surface area contributed by atoms with E-state index in [4.69, 9.17) is 4.74 Å². The van der Waals surface area contributed by atoms with Gasteiger partial charge in [0.05, 0.1) is 18.6 Å². The van der Waals surface area contributed by atoms with Gasteiger partial charge in [-0.15, -0.1) is 0 Å². The lowest BCUT2D eigenvalue weighted by Crippen LogP contribution is -2.40. The van der Waals surface area contributed by atoms with Gasteiger partial charge >= 0.3 is 0 Å². The Labute approximate surface area is 191 Å². The van der Waals surface area contributed by atoms with Gasteiger partial charge in [0.1, 0.15) is 12.3 Å². The smallest absolute Gasteiger partial charge is 0.241 e. The third-order valence-electron chi connectivity index (χ3n) is 5.46. The van der Waals surface area contributed by atoms with Gasteiger partial charge in [-0.05, 0) is 56.1 Å². The molecule has 0 atom stereocenters. The molecule has 174 valence electrons. The molecule has 1 amide bonds. The molecule has 1 saturated heterocycles. The zero-order valence-corrected chi connectivity index (χ0v) is 19.7. The predicted octanol–water partition coefficient (Wildman–Crippen LogP) is 3.15. The molecule has 1 aliphatic heterocycles. The number of nitrogens with one attached hydrogen (secondary N) is 1. The lowest BCUT2D eigenvalue weighted by atomic mass is 10.1. The van der Waals surface area contributed by atoms with Crippen molar-refractivity contribution in [1.29, 1.82) is 0 Å². The fourth-order valence-electron chi connectivity index (χ4n) is 3.92. The van der Waals surface area contributed by atoms with Gasteiger partial charge in [0, 0.05) is 13.1 Å². The van der Waals surface area contributed by atoms with Crippen LogP contribution in [0, 0.1) is 0 Å². The predicted molar refractivity (Wildman–Crippen MR) is 127 cm³/mol. The van der Waals surface area contributed by atoms with Crippen molar-refractivity contribution in [3.63, 3.8) is 0 Å². The van der Waals surface area contributed by atoms with Crippen molar-refractivity contribution >= 4 is 21.6 Å². The van der Waals surface area contributed by atoms with E-state index in [1.165, 1.54) is 24.8 Å². The van der Waals surface area contributed by atoms with E-state index in [2.05, 4.69) is 22.3 Å². The van der Waals surface area contributed by atoms with E-state index in [0.717, 1.165) is 35.8 Å². The summed E-state index contributed by atoms with van der Waals surface area (Å²) in [4.78, 5) is 15.1. The zero-order valence-electron chi connectivity index (χ0n) is 18.9. The maximum absolute atomic E-state index is 12.7. The van der Waals surface area contributed by atoms with Crippen LogP contribution in [0.3, 0.4) is 0 Å². The van der Waals surface area contributed by atoms with Gasteiger partial charge in [-0.2, -0.15) is 0 Å². The fraction of sp³-hybridized carbons (Fsp3) is 0.458. The van der Waals surface area contributed by atoms with E-state index in [1.54, 1.807) is 24.3 Å². The summed E-state index contributed by atoms with van der Waals surface area (Å²) in [6.07, 6.45) is 4.90. The summed E-state index contributed by atoms with van der Waals surface area (Å²) in [5.74, 6) is 0.0572. The van der Waals surface area contributed by atoms with Crippen LogP contribution < -0.4 is 14.4 Å². The SMILES string of the molecule is CCOc1ccccc1N(CC(=O)NCc1cccc(CN2CCCCC2)c1)S(C)(=O)=O. The molecular formula is C24H33N3O4S. The number of anilines is 1. The van der Waals surface area contributed by atoms with Crippen molar-refractivity contribution in [1.82, 2.24) is 10.2 Å². The van der Waals surface area contributed by atoms with Gasteiger partial charge in [-0.1, -0.05) is 42.8 Å². The summed E-state index contributed by atoms with van der Waals surface area (Å²) < 4.78 is 31.5. The Kier molecular flexibility index (Phi) is 8.53. The van der Waals surface area contributed by atoms with Crippen LogP contribution in [0.2, 0.25) is 0 Å². The van der Waals surface area contributed by atoms with E-state index >= 15 is 0 Å². The molecule has 0 saturated carbocycles. The number of carbonyl (C=O) groups is 1. The standard InChI is InChI=1S/C24H33N3O4S/c1-3-31-23-13-6-5-12-22(23)27(32(2,29)30)19-24(28)25-17-20-10-9-11-21(16-20)18-26-14-7-4-8-15-26/h5-6,9-13,16H,3-4,7-8,14-15,17-19H2,1-2H3,(H,25,28). The Morgan fingerprint density at radius 1 is 1.06 bits per heavy atom. The van der Waals surface area contributed by atoms with Gasteiger partial charge in [0.25, 0.3) is 0 Å². The topological polar surface area (TPSA) is 79.0 Å². The van der Waals surface area contributed by atoms with Crippen molar-refractivity contribution in [3.8, 4) is 5.75 Å². The molecule has 0 aliphatic carbocycles. The second-order valence-electron chi connectivity index (χ2n) is 8.10. The van der Waals surface area contributed by atoms with Crippen LogP contribution >= 0.6 is 0 Å². The number of likely N-dealkylation sites (tertiary alicyclic amines) is 1. The molecular weight excluding hydrogens is 426 g/mol. The van der Waals surface area contributed by atoms with E-state index in [-0.39, 0.29) is 12.5 Å². The summed E-state index contributed by atoms with van der Waals surface area (Å²) in [5, 5.41) is 2.85. The molecule has 7 nitrogen and oxygen atoms in total. The van der Waals surface area contributed by atoms with Gasteiger partial charge in [0.2, 0.25) is 15.9 Å². The highest BCUT2D eigenvalue weighted by atomic mass is 32.2. The largest absolute Gasteiger partial charge is 0.492 e. The number of benzene rings is 2. The molecule has 0 bridgehead atoms. The molecule has 1 aliphatic rings. The van der Waals surface area contributed by atoms with Gasteiger partial charge in [-0.3, -0.25) is 14.0 Å². The van der Waals surface area contributed by atoms with Gasteiger partial charge in [0.15, 0.2) is 0 Å². The van der Waals surface area contributed by atoms with Crippen molar-refractivity contribution in [2.45, 2.75) is 39.3 Å². The number of sulfonamides is 1. The first kappa shape index (κ1) is 24.1.